The maximum atomic E-state index is 14.2. The van der Waals surface area contributed by atoms with E-state index in [1.807, 2.05) is 35.0 Å². The highest BCUT2D eigenvalue weighted by atomic mass is 19.1. The van der Waals surface area contributed by atoms with Gasteiger partial charge in [0, 0.05) is 30.7 Å². The Balaban J connectivity index is 1.36. The molecular formula is C24H19FN4O2. The van der Waals surface area contributed by atoms with Gasteiger partial charge in [-0.25, -0.2) is 9.18 Å². The van der Waals surface area contributed by atoms with E-state index in [9.17, 15) is 14.0 Å². The number of aryl methyl sites for hydroxylation is 1. The van der Waals surface area contributed by atoms with E-state index >= 15 is 0 Å². The predicted molar refractivity (Wildman–Crippen MR) is 118 cm³/mol. The van der Waals surface area contributed by atoms with E-state index < -0.39 is 0 Å². The molecule has 2 N–H and O–H groups in total. The number of amides is 1. The summed E-state index contributed by atoms with van der Waals surface area (Å²) in [5.74, 6) is -0.510. The number of rotatable bonds is 4. The monoisotopic (exact) mass is 414 g/mol. The molecule has 0 fully saturated rings. The minimum Gasteiger partial charge on any atom is -0.348 e. The molecule has 2 aromatic heterocycles. The van der Waals surface area contributed by atoms with Gasteiger partial charge in [-0.05, 0) is 54.1 Å². The Labute approximate surface area is 176 Å². The topological polar surface area (TPSA) is 71.8 Å². The van der Waals surface area contributed by atoms with Gasteiger partial charge in [0.05, 0.1) is 22.2 Å². The molecule has 1 amide bonds. The van der Waals surface area contributed by atoms with Crippen molar-refractivity contribution in [2.75, 3.05) is 0 Å². The highest BCUT2D eigenvalue weighted by Crippen LogP contribution is 2.23. The first kappa shape index (κ1) is 18.9. The van der Waals surface area contributed by atoms with Crippen LogP contribution in [0.15, 0.2) is 77.7 Å². The molecule has 31 heavy (non-hydrogen) atoms. The number of nitrogens with one attached hydrogen (secondary N) is 2. The van der Waals surface area contributed by atoms with Crippen LogP contribution in [-0.4, -0.2) is 20.0 Å². The Hall–Kier alpha value is -4.13. The summed E-state index contributed by atoms with van der Waals surface area (Å²) in [6.07, 6.45) is 1.83. The summed E-state index contributed by atoms with van der Waals surface area (Å²) in [4.78, 5) is 27.1. The Bertz CT molecular complexity index is 1510. The zero-order valence-electron chi connectivity index (χ0n) is 16.7. The van der Waals surface area contributed by atoms with Gasteiger partial charge in [0.25, 0.3) is 5.91 Å². The zero-order valence-corrected chi connectivity index (χ0v) is 16.7. The van der Waals surface area contributed by atoms with Crippen LogP contribution in [0.4, 0.5) is 4.39 Å². The van der Waals surface area contributed by atoms with Crippen molar-refractivity contribution in [2.45, 2.75) is 6.54 Å². The fourth-order valence-electron chi connectivity index (χ4n) is 3.82. The van der Waals surface area contributed by atoms with Crippen molar-refractivity contribution in [3.05, 3.63) is 100 Å². The van der Waals surface area contributed by atoms with Gasteiger partial charge in [-0.1, -0.05) is 18.2 Å². The zero-order chi connectivity index (χ0) is 21.5. The number of hydrogen-bond acceptors (Lipinski definition) is 2. The lowest BCUT2D eigenvalue weighted by atomic mass is 10.1. The quantitative estimate of drug-likeness (QED) is 0.469. The normalized spacial score (nSPS) is 11.3. The summed E-state index contributed by atoms with van der Waals surface area (Å²) in [6, 6.07) is 19.5. The summed E-state index contributed by atoms with van der Waals surface area (Å²) in [6.45, 7) is 0.350. The number of imidazole rings is 1. The van der Waals surface area contributed by atoms with E-state index in [1.165, 1.54) is 10.6 Å². The lowest BCUT2D eigenvalue weighted by Crippen LogP contribution is -2.22. The highest BCUT2D eigenvalue weighted by molar-refractivity contribution is 5.97. The molecule has 5 rings (SSSR count). The molecule has 0 spiro atoms. The number of benzene rings is 3. The fourth-order valence-corrected chi connectivity index (χ4v) is 3.82. The van der Waals surface area contributed by atoms with Crippen LogP contribution in [0.2, 0.25) is 0 Å². The second-order valence-electron chi connectivity index (χ2n) is 7.43. The van der Waals surface area contributed by atoms with Crippen LogP contribution in [0.3, 0.4) is 0 Å². The molecule has 2 heterocycles. The van der Waals surface area contributed by atoms with Crippen LogP contribution in [0.25, 0.3) is 27.6 Å². The largest absolute Gasteiger partial charge is 0.348 e. The van der Waals surface area contributed by atoms with Gasteiger partial charge in [0.1, 0.15) is 5.82 Å². The standard InChI is InChI=1S/C24H19FN4O2/c1-28-22-9-7-17(13-19(22)27-24(28)31)23(30)26-14-15-6-8-20-16(12-15)10-11-29(20)21-5-3-2-4-18(21)25/h2-13H,14H2,1H3,(H,26,30)(H,27,31). The van der Waals surface area contributed by atoms with E-state index in [-0.39, 0.29) is 17.4 Å². The van der Waals surface area contributed by atoms with Crippen molar-refractivity contribution in [2.24, 2.45) is 7.05 Å². The van der Waals surface area contributed by atoms with E-state index in [1.54, 1.807) is 43.4 Å². The van der Waals surface area contributed by atoms with Crippen molar-refractivity contribution in [3.8, 4) is 5.69 Å². The molecule has 0 saturated heterocycles. The number of aromatic amines is 1. The molecule has 0 aliphatic rings. The van der Waals surface area contributed by atoms with E-state index in [0.29, 0.717) is 23.3 Å². The van der Waals surface area contributed by atoms with Crippen LogP contribution in [0, 0.1) is 5.82 Å². The van der Waals surface area contributed by atoms with Gasteiger partial charge in [-0.15, -0.1) is 0 Å². The van der Waals surface area contributed by atoms with Crippen LogP contribution < -0.4 is 11.0 Å². The van der Waals surface area contributed by atoms with Crippen molar-refractivity contribution >= 4 is 27.8 Å². The van der Waals surface area contributed by atoms with Crippen LogP contribution in [-0.2, 0) is 13.6 Å². The third-order valence-electron chi connectivity index (χ3n) is 5.49. The molecule has 0 saturated carbocycles. The van der Waals surface area contributed by atoms with Crippen molar-refractivity contribution in [3.63, 3.8) is 0 Å². The van der Waals surface area contributed by atoms with E-state index in [4.69, 9.17) is 0 Å². The second-order valence-corrected chi connectivity index (χ2v) is 7.43. The van der Waals surface area contributed by atoms with Gasteiger partial charge in [0.2, 0.25) is 0 Å². The molecule has 0 atom stereocenters. The van der Waals surface area contributed by atoms with E-state index in [2.05, 4.69) is 10.3 Å². The molecule has 0 aliphatic carbocycles. The van der Waals surface area contributed by atoms with Gasteiger partial charge in [-0.3, -0.25) is 9.36 Å². The number of nitrogens with zero attached hydrogens (tertiary/aromatic N) is 2. The molecule has 6 nitrogen and oxygen atoms in total. The average Bonchev–Trinajstić information content (AvgIpc) is 3.32. The SMILES string of the molecule is Cn1c(=O)[nH]c2cc(C(=O)NCc3ccc4c(ccn4-c4ccccc4F)c3)ccc21. The van der Waals surface area contributed by atoms with Crippen molar-refractivity contribution < 1.29 is 9.18 Å². The molecule has 0 unspecified atom stereocenters. The number of carbonyl (C=O) groups excluding carboxylic acids is 1. The number of carbonyl (C=O) groups is 1. The summed E-state index contributed by atoms with van der Waals surface area (Å²) in [5.41, 5.74) is 3.93. The van der Waals surface area contributed by atoms with Gasteiger partial charge in [-0.2, -0.15) is 0 Å². The van der Waals surface area contributed by atoms with Gasteiger partial charge < -0.3 is 14.9 Å². The van der Waals surface area contributed by atoms with Crippen LogP contribution in [0.5, 0.6) is 0 Å². The molecule has 7 heteroatoms. The minimum absolute atomic E-state index is 0.219. The average molecular weight is 414 g/mol. The molecule has 0 radical (unpaired) electrons. The molecule has 154 valence electrons. The van der Waals surface area contributed by atoms with Gasteiger partial charge in [0.15, 0.2) is 0 Å². The second kappa shape index (κ2) is 7.28. The van der Waals surface area contributed by atoms with Crippen molar-refractivity contribution in [1.82, 2.24) is 19.4 Å². The Morgan fingerprint density at radius 1 is 1.03 bits per heavy atom. The molecule has 0 bridgehead atoms. The summed E-state index contributed by atoms with van der Waals surface area (Å²) < 4.78 is 17.5. The number of hydrogen-bond donors (Lipinski definition) is 2. The Kier molecular flexibility index (Phi) is 4.43. The fraction of sp³-hybridized carbons (Fsp3) is 0.0833. The Morgan fingerprint density at radius 2 is 1.84 bits per heavy atom. The summed E-state index contributed by atoms with van der Waals surface area (Å²) >= 11 is 0. The predicted octanol–water partition coefficient (Wildman–Crippen LogP) is 3.88. The summed E-state index contributed by atoms with van der Waals surface area (Å²) in [5, 5.41) is 3.87. The molecule has 3 aromatic carbocycles. The number of fused-ring (bicyclic) bond motifs is 2. The first-order valence-electron chi connectivity index (χ1n) is 9.83. The number of aromatic nitrogens is 3. The molecule has 0 aliphatic heterocycles. The summed E-state index contributed by atoms with van der Waals surface area (Å²) in [7, 11) is 1.68. The first-order chi connectivity index (χ1) is 15.0. The first-order valence-corrected chi connectivity index (χ1v) is 9.83. The number of para-hydroxylation sites is 1. The lowest BCUT2D eigenvalue weighted by molar-refractivity contribution is 0.0951. The maximum absolute atomic E-state index is 14.2. The third kappa shape index (κ3) is 3.30. The highest BCUT2D eigenvalue weighted by Gasteiger charge is 2.11. The number of H-pyrrole nitrogens is 1. The Morgan fingerprint density at radius 3 is 2.68 bits per heavy atom. The third-order valence-corrected chi connectivity index (χ3v) is 5.49. The van der Waals surface area contributed by atoms with Gasteiger partial charge >= 0.3 is 5.69 Å². The molecular weight excluding hydrogens is 395 g/mol. The molecule has 5 aromatic rings. The van der Waals surface area contributed by atoms with Crippen molar-refractivity contribution in [1.29, 1.82) is 0 Å². The van der Waals surface area contributed by atoms with Crippen LogP contribution >= 0.6 is 0 Å². The number of halogens is 1. The smallest absolute Gasteiger partial charge is 0.326 e. The minimum atomic E-state index is -0.284. The van der Waals surface area contributed by atoms with Crippen LogP contribution in [0.1, 0.15) is 15.9 Å². The lowest BCUT2D eigenvalue weighted by Gasteiger charge is -2.09. The van der Waals surface area contributed by atoms with E-state index in [0.717, 1.165) is 22.0 Å². The maximum Gasteiger partial charge on any atom is 0.326 e.